The van der Waals surface area contributed by atoms with Crippen molar-refractivity contribution in [2.24, 2.45) is 0 Å². The molecule has 9 nitrogen and oxygen atoms in total. The number of carbonyl (C=O) groups is 2. The highest BCUT2D eigenvalue weighted by atomic mass is 16.7. The highest BCUT2D eigenvalue weighted by molar-refractivity contribution is 6.62. The molecule has 2 N–H and O–H groups in total. The fourth-order valence-corrected chi connectivity index (χ4v) is 4.00. The molecule has 1 aromatic carbocycles. The van der Waals surface area contributed by atoms with Crippen LogP contribution in [0.1, 0.15) is 86.5 Å². The van der Waals surface area contributed by atoms with Gasteiger partial charge in [-0.1, -0.05) is 40.2 Å². The van der Waals surface area contributed by atoms with E-state index in [1.165, 1.54) is 13.5 Å². The van der Waals surface area contributed by atoms with E-state index in [4.69, 9.17) is 14.3 Å². The van der Waals surface area contributed by atoms with Gasteiger partial charge in [-0.25, -0.2) is 9.78 Å². The Morgan fingerprint density at radius 2 is 1.81 bits per heavy atom. The molecule has 1 atom stereocenters. The van der Waals surface area contributed by atoms with Crippen molar-refractivity contribution >= 4 is 35.6 Å². The number of likely N-dealkylation sites (tertiary alicyclic amines) is 1. The van der Waals surface area contributed by atoms with E-state index in [1.807, 2.05) is 59.7 Å². The number of ether oxygens (including phenoxy) is 1. The van der Waals surface area contributed by atoms with Crippen LogP contribution in [-0.2, 0) is 18.8 Å². The van der Waals surface area contributed by atoms with Gasteiger partial charge in [0.1, 0.15) is 12.4 Å². The molecule has 1 unspecified atom stereocenters. The van der Waals surface area contributed by atoms with E-state index in [1.54, 1.807) is 4.90 Å². The van der Waals surface area contributed by atoms with Gasteiger partial charge in [0.05, 0.1) is 35.4 Å². The number of imidazole rings is 1. The Bertz CT molecular complexity index is 1010. The van der Waals surface area contributed by atoms with Crippen LogP contribution in [0.4, 0.5) is 4.79 Å². The molecule has 200 valence electrons. The van der Waals surface area contributed by atoms with Gasteiger partial charge in [-0.15, -0.1) is 0 Å². The molecule has 2 fully saturated rings. The molecular formula is C26H43BN4O5. The molecule has 2 saturated heterocycles. The third-order valence-corrected chi connectivity index (χ3v) is 6.51. The van der Waals surface area contributed by atoms with Crippen molar-refractivity contribution in [1.29, 1.82) is 0 Å². The van der Waals surface area contributed by atoms with Crippen molar-refractivity contribution in [2.75, 3.05) is 20.2 Å². The number of carbonyl (C=O) groups excluding carboxylic acids is 2. The number of amides is 2. The molecule has 0 radical (unpaired) electrons. The van der Waals surface area contributed by atoms with Gasteiger partial charge in [0.25, 0.3) is 0 Å². The summed E-state index contributed by atoms with van der Waals surface area (Å²) < 4.78 is 16.8. The minimum absolute atomic E-state index is 0.102. The Balaban J connectivity index is 0.000000850. The highest BCUT2D eigenvalue weighted by Crippen LogP contribution is 2.37. The first-order chi connectivity index (χ1) is 17.0. The Morgan fingerprint density at radius 1 is 1.19 bits per heavy atom. The monoisotopic (exact) mass is 502 g/mol. The average Bonchev–Trinajstić information content (AvgIpc) is 3.54. The van der Waals surface area contributed by atoms with E-state index in [0.717, 1.165) is 35.2 Å². The van der Waals surface area contributed by atoms with Gasteiger partial charge >= 0.3 is 13.2 Å². The zero-order valence-corrected chi connectivity index (χ0v) is 23.4. The second-order valence-electron chi connectivity index (χ2n) is 9.78. The largest absolute Gasteiger partial charge is 0.494 e. The lowest BCUT2D eigenvalue weighted by molar-refractivity contribution is -0.131. The third kappa shape index (κ3) is 6.59. The smallest absolute Gasteiger partial charge is 0.453 e. The van der Waals surface area contributed by atoms with Gasteiger partial charge in [0.15, 0.2) is 0 Å². The first kappa shape index (κ1) is 29.6. The quantitative estimate of drug-likeness (QED) is 0.604. The molecule has 1 aromatic heterocycles. The lowest BCUT2D eigenvalue weighted by atomic mass is 9.79. The van der Waals surface area contributed by atoms with Crippen LogP contribution in [-0.4, -0.2) is 65.4 Å². The zero-order chi connectivity index (χ0) is 27.1. The van der Waals surface area contributed by atoms with Gasteiger partial charge < -0.3 is 29.2 Å². The molecule has 36 heavy (non-hydrogen) atoms. The van der Waals surface area contributed by atoms with E-state index < -0.39 is 24.4 Å². The first-order valence-corrected chi connectivity index (χ1v) is 13.0. The molecule has 2 aromatic rings. The third-order valence-electron chi connectivity index (χ3n) is 6.51. The maximum atomic E-state index is 12.6. The van der Waals surface area contributed by atoms with Crippen LogP contribution in [0, 0.1) is 0 Å². The number of rotatable bonds is 4. The van der Waals surface area contributed by atoms with E-state index in [2.05, 4.69) is 28.9 Å². The van der Waals surface area contributed by atoms with Crippen LogP contribution in [0.2, 0.25) is 0 Å². The summed E-state index contributed by atoms with van der Waals surface area (Å²) in [6.07, 6.45) is 2.32. The summed E-state index contributed by atoms with van der Waals surface area (Å²) in [7, 11) is 0.820. The number of hydrogen-bond acceptors (Lipinski definition) is 6. The number of aromatic nitrogens is 2. The first-order valence-electron chi connectivity index (χ1n) is 13.0. The molecule has 2 amide bonds. The predicted molar refractivity (Wildman–Crippen MR) is 143 cm³/mol. The number of nitrogens with one attached hydrogen (secondary N) is 2. The lowest BCUT2D eigenvalue weighted by Crippen LogP contribution is -2.41. The fraction of sp³-hybridized carbons (Fsp3) is 0.654. The minimum Gasteiger partial charge on any atom is -0.453 e. The van der Waals surface area contributed by atoms with E-state index in [9.17, 15) is 9.59 Å². The lowest BCUT2D eigenvalue weighted by Gasteiger charge is -2.32. The minimum atomic E-state index is -0.622. The molecule has 3 heterocycles. The Labute approximate surface area is 215 Å². The van der Waals surface area contributed by atoms with Crippen molar-refractivity contribution in [1.82, 2.24) is 20.2 Å². The summed E-state index contributed by atoms with van der Waals surface area (Å²) in [6.45, 7) is 16.9. The van der Waals surface area contributed by atoms with Crippen LogP contribution in [0.5, 0.6) is 0 Å². The van der Waals surface area contributed by atoms with Crippen molar-refractivity contribution in [3.63, 3.8) is 0 Å². The fourth-order valence-electron chi connectivity index (χ4n) is 4.00. The molecule has 10 heteroatoms. The molecule has 4 rings (SSSR count). The number of H-pyrrole nitrogens is 1. The summed E-state index contributed by atoms with van der Waals surface area (Å²) in [6, 6.07) is 5.75. The Morgan fingerprint density at radius 3 is 2.39 bits per heavy atom. The van der Waals surface area contributed by atoms with Crippen molar-refractivity contribution in [3.05, 3.63) is 24.0 Å². The number of alkyl carbamates (subject to hydrolysis) is 1. The average molecular weight is 502 g/mol. The topological polar surface area (TPSA) is 106 Å². The SMILES string of the molecule is CC.CCC.COC(=O)NCC(=O)N1CCCC1c1nc2ccc(B3OC(C)(C)C(C)(C)O3)cc2[nH]1. The van der Waals surface area contributed by atoms with Gasteiger partial charge in [-0.05, 0) is 58.1 Å². The molecule has 0 aliphatic carbocycles. The molecule has 0 saturated carbocycles. The van der Waals surface area contributed by atoms with Crippen molar-refractivity contribution < 1.29 is 23.6 Å². The maximum absolute atomic E-state index is 12.6. The summed E-state index contributed by atoms with van der Waals surface area (Å²) in [5.74, 6) is 0.580. The van der Waals surface area contributed by atoms with Gasteiger partial charge in [-0.3, -0.25) is 4.79 Å². The van der Waals surface area contributed by atoms with Gasteiger partial charge in [0.2, 0.25) is 5.91 Å². The molecular weight excluding hydrogens is 459 g/mol. The number of methoxy groups -OCH3 is 1. The Hall–Kier alpha value is -2.59. The summed E-state index contributed by atoms with van der Waals surface area (Å²) >= 11 is 0. The maximum Gasteiger partial charge on any atom is 0.494 e. The van der Waals surface area contributed by atoms with E-state index >= 15 is 0 Å². The normalized spacial score (nSPS) is 19.8. The van der Waals surface area contributed by atoms with E-state index in [0.29, 0.717) is 6.54 Å². The number of benzene rings is 1. The van der Waals surface area contributed by atoms with Gasteiger partial charge in [0, 0.05) is 6.54 Å². The van der Waals surface area contributed by atoms with Crippen LogP contribution >= 0.6 is 0 Å². The standard InChI is InChI=1S/C21H29BN4O5.C3H8.C2H6/c1-20(2)21(3,4)31-22(30-20)13-8-9-14-15(11-13)25-18(24-14)16-7-6-10-26(16)17(27)12-23-19(28)29-5;1-3-2;1-2/h8-9,11,16H,6-7,10,12H2,1-5H3,(H,23,28)(H,24,25);3H2,1-2H3;1-2H3. The summed E-state index contributed by atoms with van der Waals surface area (Å²) in [5.41, 5.74) is 1.79. The molecule has 0 bridgehead atoms. The van der Waals surface area contributed by atoms with Crippen molar-refractivity contribution in [3.8, 4) is 0 Å². The number of hydrogen-bond donors (Lipinski definition) is 2. The Kier molecular flexibility index (Phi) is 10.4. The highest BCUT2D eigenvalue weighted by Gasteiger charge is 2.51. The van der Waals surface area contributed by atoms with E-state index in [-0.39, 0.29) is 18.5 Å². The van der Waals surface area contributed by atoms with Crippen LogP contribution < -0.4 is 10.8 Å². The molecule has 2 aliphatic rings. The zero-order valence-electron chi connectivity index (χ0n) is 23.4. The van der Waals surface area contributed by atoms with Crippen LogP contribution in [0.3, 0.4) is 0 Å². The molecule has 2 aliphatic heterocycles. The summed E-state index contributed by atoms with van der Waals surface area (Å²) in [4.78, 5) is 33.7. The number of fused-ring (bicyclic) bond motifs is 1. The van der Waals surface area contributed by atoms with Crippen LogP contribution in [0.15, 0.2) is 18.2 Å². The van der Waals surface area contributed by atoms with Gasteiger partial charge in [-0.2, -0.15) is 0 Å². The second-order valence-corrected chi connectivity index (χ2v) is 9.78. The second kappa shape index (κ2) is 12.6. The summed E-state index contributed by atoms with van der Waals surface area (Å²) in [5, 5.41) is 2.45. The van der Waals surface area contributed by atoms with Crippen LogP contribution in [0.25, 0.3) is 11.0 Å². The number of aromatic amines is 1. The molecule has 0 spiro atoms. The predicted octanol–water partition coefficient (Wildman–Crippen LogP) is 4.32. The number of nitrogens with zero attached hydrogens (tertiary/aromatic N) is 2. The van der Waals surface area contributed by atoms with Crippen molar-refractivity contribution in [2.45, 2.75) is 91.9 Å².